The Morgan fingerprint density at radius 3 is 2.63 bits per heavy atom. The molecule has 3 N–H and O–H groups in total. The number of nitrogens with one attached hydrogen (secondary N) is 3. The molecule has 1 aliphatic heterocycles. The zero-order chi connectivity index (χ0) is 22.1. The Morgan fingerprint density at radius 2 is 2.00 bits per heavy atom. The first-order valence-corrected chi connectivity index (χ1v) is 9.25. The van der Waals surface area contributed by atoms with Crippen molar-refractivity contribution in [2.24, 2.45) is 0 Å². The molecule has 1 aliphatic rings. The molecule has 1 aromatic rings. The van der Waals surface area contributed by atoms with E-state index in [2.05, 4.69) is 20.2 Å². The fourth-order valence-electron chi connectivity index (χ4n) is 2.58. The number of ether oxygens (including phenoxy) is 2. The highest BCUT2D eigenvalue weighted by molar-refractivity contribution is 6.30. The maximum absolute atomic E-state index is 13.3. The van der Waals surface area contributed by atoms with Crippen molar-refractivity contribution in [2.75, 3.05) is 26.4 Å². The van der Waals surface area contributed by atoms with E-state index in [1.165, 1.54) is 12.1 Å². The Kier molecular flexibility index (Phi) is 9.08. The number of benzene rings is 1. The molecular weight excluding hydrogens is 438 g/mol. The van der Waals surface area contributed by atoms with E-state index in [-0.39, 0.29) is 30.0 Å². The summed E-state index contributed by atoms with van der Waals surface area (Å²) in [5.74, 6) is -1.47. The minimum atomic E-state index is -4.76. The van der Waals surface area contributed by atoms with Crippen molar-refractivity contribution in [3.05, 3.63) is 29.0 Å². The van der Waals surface area contributed by atoms with Gasteiger partial charge in [0.1, 0.15) is 11.6 Å². The quantitative estimate of drug-likeness (QED) is 0.296. The van der Waals surface area contributed by atoms with Gasteiger partial charge in [0.05, 0.1) is 24.3 Å². The van der Waals surface area contributed by atoms with Gasteiger partial charge in [-0.25, -0.2) is 9.87 Å². The van der Waals surface area contributed by atoms with Crippen LogP contribution in [0, 0.1) is 5.82 Å². The summed E-state index contributed by atoms with van der Waals surface area (Å²) in [5.41, 5.74) is 2.05. The van der Waals surface area contributed by atoms with Crippen LogP contribution in [0.3, 0.4) is 0 Å². The molecule has 0 radical (unpaired) electrons. The largest absolute Gasteiger partial charge is 0.522 e. The molecule has 0 unspecified atom stereocenters. The summed E-state index contributed by atoms with van der Waals surface area (Å²) < 4.78 is 57.4. The Morgan fingerprint density at radius 1 is 1.23 bits per heavy atom. The van der Waals surface area contributed by atoms with Crippen LogP contribution in [-0.2, 0) is 19.2 Å². The molecule has 0 aliphatic carbocycles. The van der Waals surface area contributed by atoms with Crippen LogP contribution in [0.15, 0.2) is 18.2 Å². The summed E-state index contributed by atoms with van der Waals surface area (Å²) in [6, 6.07) is 2.94. The van der Waals surface area contributed by atoms with E-state index in [9.17, 15) is 27.2 Å². The van der Waals surface area contributed by atoms with Crippen molar-refractivity contribution in [1.82, 2.24) is 16.1 Å². The lowest BCUT2D eigenvalue weighted by molar-refractivity contribution is -0.327. The van der Waals surface area contributed by atoms with E-state index >= 15 is 0 Å². The van der Waals surface area contributed by atoms with Crippen LogP contribution in [-0.4, -0.2) is 56.6 Å². The predicted molar refractivity (Wildman–Crippen MR) is 96.0 cm³/mol. The number of rotatable bonds is 9. The highest BCUT2D eigenvalue weighted by Gasteiger charge is 2.29. The predicted octanol–water partition coefficient (Wildman–Crippen LogP) is 1.68. The molecule has 0 aromatic heterocycles. The van der Waals surface area contributed by atoms with E-state index in [0.29, 0.717) is 12.8 Å². The van der Waals surface area contributed by atoms with Crippen molar-refractivity contribution in [2.45, 2.75) is 31.3 Å². The van der Waals surface area contributed by atoms with E-state index in [0.717, 1.165) is 6.07 Å². The number of hydrogen-bond acceptors (Lipinski definition) is 6. The molecule has 1 heterocycles. The third kappa shape index (κ3) is 8.69. The van der Waals surface area contributed by atoms with Gasteiger partial charge in [0.15, 0.2) is 6.61 Å². The standard InChI is InChI=1S/C17H20ClF4N3O5/c18-12-3-2-11(7-13(12)19)28-9-15(26)24-10-1-4-14(23-8-10)16(27)25-30-6-5-29-17(20,21)22/h2-3,7,10,14,23H,1,4-6,8-9H2,(H,24,26)(H,25,27)/t10-,14+/m0/s1. The summed E-state index contributed by atoms with van der Waals surface area (Å²) >= 11 is 5.57. The van der Waals surface area contributed by atoms with Gasteiger partial charge in [0, 0.05) is 18.7 Å². The second-order valence-electron chi connectivity index (χ2n) is 6.28. The van der Waals surface area contributed by atoms with Crippen LogP contribution < -0.4 is 20.9 Å². The number of halogens is 5. The van der Waals surface area contributed by atoms with Gasteiger partial charge in [-0.15, -0.1) is 13.2 Å². The molecule has 168 valence electrons. The Bertz CT molecular complexity index is 730. The summed E-state index contributed by atoms with van der Waals surface area (Å²) in [4.78, 5) is 28.5. The third-order valence-corrected chi connectivity index (χ3v) is 4.29. The lowest BCUT2D eigenvalue weighted by Gasteiger charge is -2.29. The van der Waals surface area contributed by atoms with Gasteiger partial charge in [-0.3, -0.25) is 19.2 Å². The second kappa shape index (κ2) is 11.3. The van der Waals surface area contributed by atoms with Gasteiger partial charge >= 0.3 is 6.36 Å². The van der Waals surface area contributed by atoms with Gasteiger partial charge in [0.25, 0.3) is 11.8 Å². The minimum absolute atomic E-state index is 0.0567. The molecule has 0 bridgehead atoms. The normalized spacial score (nSPS) is 19.2. The van der Waals surface area contributed by atoms with Crippen LogP contribution >= 0.6 is 11.6 Å². The smallest absolute Gasteiger partial charge is 0.484 e. The van der Waals surface area contributed by atoms with Crippen LogP contribution in [0.2, 0.25) is 5.02 Å². The number of alkyl halides is 3. The number of carbonyl (C=O) groups is 2. The topological polar surface area (TPSA) is 97.9 Å². The first-order chi connectivity index (χ1) is 14.1. The van der Waals surface area contributed by atoms with Crippen LogP contribution in [0.4, 0.5) is 17.6 Å². The lowest BCUT2D eigenvalue weighted by Crippen LogP contribution is -2.55. The van der Waals surface area contributed by atoms with E-state index in [1.807, 2.05) is 5.48 Å². The highest BCUT2D eigenvalue weighted by Crippen LogP contribution is 2.20. The molecule has 1 saturated heterocycles. The molecular formula is C17H20ClF4N3O5. The van der Waals surface area contributed by atoms with Gasteiger partial charge in [-0.05, 0) is 25.0 Å². The maximum atomic E-state index is 13.3. The van der Waals surface area contributed by atoms with Crippen LogP contribution in [0.1, 0.15) is 12.8 Å². The van der Waals surface area contributed by atoms with Gasteiger partial charge in [-0.1, -0.05) is 11.6 Å². The molecule has 0 spiro atoms. The first kappa shape index (κ1) is 24.1. The molecule has 1 fully saturated rings. The summed E-state index contributed by atoms with van der Waals surface area (Å²) in [6.07, 6.45) is -3.92. The molecule has 13 heteroatoms. The average Bonchev–Trinajstić information content (AvgIpc) is 2.68. The molecule has 30 heavy (non-hydrogen) atoms. The number of hydroxylamine groups is 1. The number of carbonyl (C=O) groups excluding carboxylic acids is 2. The molecule has 8 nitrogen and oxygen atoms in total. The van der Waals surface area contributed by atoms with Gasteiger partial charge in [0.2, 0.25) is 0 Å². The van der Waals surface area contributed by atoms with Crippen molar-refractivity contribution in [3.63, 3.8) is 0 Å². The minimum Gasteiger partial charge on any atom is -0.484 e. The molecule has 0 saturated carbocycles. The zero-order valence-electron chi connectivity index (χ0n) is 15.6. The Balaban J connectivity index is 1.61. The third-order valence-electron chi connectivity index (χ3n) is 3.98. The molecule has 2 amide bonds. The highest BCUT2D eigenvalue weighted by atomic mass is 35.5. The average molecular weight is 458 g/mol. The fourth-order valence-corrected chi connectivity index (χ4v) is 2.70. The summed E-state index contributed by atoms with van der Waals surface area (Å²) in [5, 5.41) is 5.56. The SMILES string of the molecule is O=C(COc1ccc(Cl)c(F)c1)N[C@H]1CC[C@H](C(=O)NOCCOC(F)(F)F)NC1. The lowest BCUT2D eigenvalue weighted by atomic mass is 10.0. The van der Waals surface area contributed by atoms with E-state index in [4.69, 9.17) is 16.3 Å². The number of piperidine rings is 1. The molecule has 2 atom stereocenters. The van der Waals surface area contributed by atoms with Crippen LogP contribution in [0.5, 0.6) is 5.75 Å². The maximum Gasteiger partial charge on any atom is 0.522 e. The van der Waals surface area contributed by atoms with Crippen molar-refractivity contribution < 1.29 is 41.5 Å². The summed E-state index contributed by atoms with van der Waals surface area (Å²) in [6.45, 7) is -1.25. The second-order valence-corrected chi connectivity index (χ2v) is 6.68. The fraction of sp³-hybridized carbons (Fsp3) is 0.529. The van der Waals surface area contributed by atoms with E-state index < -0.39 is 43.2 Å². The first-order valence-electron chi connectivity index (χ1n) is 8.87. The Labute approximate surface area is 174 Å². The molecule has 1 aromatic carbocycles. The van der Waals surface area contributed by atoms with Crippen molar-refractivity contribution >= 4 is 23.4 Å². The van der Waals surface area contributed by atoms with Crippen molar-refractivity contribution in [3.8, 4) is 5.75 Å². The monoisotopic (exact) mass is 457 g/mol. The number of amides is 2. The van der Waals surface area contributed by atoms with Gasteiger partial charge in [-0.2, -0.15) is 0 Å². The molecule has 2 rings (SSSR count). The number of hydrogen-bond donors (Lipinski definition) is 3. The van der Waals surface area contributed by atoms with Crippen LogP contribution in [0.25, 0.3) is 0 Å². The van der Waals surface area contributed by atoms with E-state index in [1.54, 1.807) is 0 Å². The zero-order valence-corrected chi connectivity index (χ0v) is 16.3. The summed E-state index contributed by atoms with van der Waals surface area (Å²) in [7, 11) is 0. The van der Waals surface area contributed by atoms with Crippen molar-refractivity contribution in [1.29, 1.82) is 0 Å². The van der Waals surface area contributed by atoms with Gasteiger partial charge < -0.3 is 15.4 Å². The Hall–Kier alpha value is -2.15.